The van der Waals surface area contributed by atoms with Gasteiger partial charge in [-0.1, -0.05) is 72.8 Å². The zero-order chi connectivity index (χ0) is 16.4. The number of hydrogen-bond donors (Lipinski definition) is 1. The van der Waals surface area contributed by atoms with Gasteiger partial charge in [0, 0.05) is 11.6 Å². The van der Waals surface area contributed by atoms with Gasteiger partial charge < -0.3 is 5.32 Å². The van der Waals surface area contributed by atoms with Crippen LogP contribution < -0.4 is 5.32 Å². The Bertz CT molecular complexity index is 845. The van der Waals surface area contributed by atoms with E-state index in [0.29, 0.717) is 0 Å². The Labute approximate surface area is 142 Å². The van der Waals surface area contributed by atoms with E-state index in [1.165, 1.54) is 11.1 Å². The molecule has 4 rings (SSSR count). The third kappa shape index (κ3) is 2.83. The molecule has 0 atom stereocenters. The molecule has 2 heteroatoms. The molecule has 2 nitrogen and oxygen atoms in total. The maximum Gasteiger partial charge on any atom is 0.252 e. The van der Waals surface area contributed by atoms with Crippen LogP contribution in [0.4, 0.5) is 0 Å². The molecular weight excluding hydrogens is 294 g/mol. The molecule has 0 aromatic heterocycles. The molecule has 0 heterocycles. The minimum atomic E-state index is 0.00672. The number of benzene rings is 3. The van der Waals surface area contributed by atoms with Crippen LogP contribution in [0.15, 0.2) is 78.9 Å². The van der Waals surface area contributed by atoms with Crippen molar-refractivity contribution in [2.24, 2.45) is 0 Å². The predicted octanol–water partition coefficient (Wildman–Crippen LogP) is 4.25. The van der Waals surface area contributed by atoms with Crippen molar-refractivity contribution in [2.75, 3.05) is 0 Å². The highest BCUT2D eigenvalue weighted by atomic mass is 16.1. The summed E-state index contributed by atoms with van der Waals surface area (Å²) in [6.07, 6.45) is 1.82. The highest BCUT2D eigenvalue weighted by molar-refractivity contribution is 6.01. The van der Waals surface area contributed by atoms with Gasteiger partial charge in [0.15, 0.2) is 0 Å². The fourth-order valence-electron chi connectivity index (χ4n) is 3.47. The summed E-state index contributed by atoms with van der Waals surface area (Å²) < 4.78 is 0. The molecule has 24 heavy (non-hydrogen) atoms. The summed E-state index contributed by atoms with van der Waals surface area (Å²) in [4.78, 5) is 12.8. The molecule has 0 aliphatic heterocycles. The van der Waals surface area contributed by atoms with Gasteiger partial charge in [0.1, 0.15) is 0 Å². The van der Waals surface area contributed by atoms with Gasteiger partial charge in [0.05, 0.1) is 0 Å². The summed E-state index contributed by atoms with van der Waals surface area (Å²) in [5.41, 5.74) is 5.47. The van der Waals surface area contributed by atoms with E-state index >= 15 is 0 Å². The lowest BCUT2D eigenvalue weighted by Crippen LogP contribution is -2.35. The van der Waals surface area contributed by atoms with Crippen molar-refractivity contribution in [3.05, 3.63) is 95.6 Å². The van der Waals surface area contributed by atoms with Crippen LogP contribution in [0.2, 0.25) is 0 Å². The van der Waals surface area contributed by atoms with Gasteiger partial charge in [-0.05, 0) is 41.2 Å². The van der Waals surface area contributed by atoms with Crippen LogP contribution >= 0.6 is 0 Å². The van der Waals surface area contributed by atoms with Crippen LogP contribution in [0.3, 0.4) is 0 Å². The van der Waals surface area contributed by atoms with Crippen LogP contribution in [-0.2, 0) is 12.8 Å². The fraction of sp³-hybridized carbons (Fsp3) is 0.136. The first-order valence-electron chi connectivity index (χ1n) is 8.33. The third-order valence-corrected chi connectivity index (χ3v) is 4.64. The zero-order valence-electron chi connectivity index (χ0n) is 13.4. The first-order chi connectivity index (χ1) is 11.8. The van der Waals surface area contributed by atoms with Crippen molar-refractivity contribution in [1.29, 1.82) is 0 Å². The second-order valence-electron chi connectivity index (χ2n) is 6.26. The zero-order valence-corrected chi connectivity index (χ0v) is 13.4. The molecule has 0 fully saturated rings. The Morgan fingerprint density at radius 3 is 2.04 bits per heavy atom. The average Bonchev–Trinajstić information content (AvgIpc) is 3.04. The van der Waals surface area contributed by atoms with Crippen molar-refractivity contribution in [3.8, 4) is 11.1 Å². The van der Waals surface area contributed by atoms with E-state index in [9.17, 15) is 4.79 Å². The highest BCUT2D eigenvalue weighted by Crippen LogP contribution is 2.25. The fourth-order valence-corrected chi connectivity index (χ4v) is 3.47. The van der Waals surface area contributed by atoms with Crippen molar-refractivity contribution >= 4 is 5.91 Å². The standard InChI is InChI=1S/C22H19NO/c24-22(23-19-14-17-10-4-5-11-18(17)15-19)21-13-7-6-12-20(21)16-8-2-1-3-9-16/h1-13,19H,14-15H2,(H,23,24). The highest BCUT2D eigenvalue weighted by Gasteiger charge is 2.23. The van der Waals surface area contributed by atoms with E-state index in [4.69, 9.17) is 0 Å². The van der Waals surface area contributed by atoms with Crippen LogP contribution in [0.1, 0.15) is 21.5 Å². The molecule has 0 unspecified atom stereocenters. The van der Waals surface area contributed by atoms with Crippen LogP contribution in [0.25, 0.3) is 11.1 Å². The predicted molar refractivity (Wildman–Crippen MR) is 97.0 cm³/mol. The maximum absolute atomic E-state index is 12.8. The number of fused-ring (bicyclic) bond motifs is 1. The topological polar surface area (TPSA) is 29.1 Å². The van der Waals surface area contributed by atoms with E-state index in [1.807, 2.05) is 54.6 Å². The first kappa shape index (κ1) is 14.7. The molecule has 0 saturated heterocycles. The molecule has 118 valence electrons. The summed E-state index contributed by atoms with van der Waals surface area (Å²) in [5.74, 6) is 0.00672. The van der Waals surface area contributed by atoms with Gasteiger partial charge in [-0.3, -0.25) is 4.79 Å². The Hall–Kier alpha value is -2.87. The Balaban J connectivity index is 1.56. The van der Waals surface area contributed by atoms with E-state index in [-0.39, 0.29) is 11.9 Å². The maximum atomic E-state index is 12.8. The van der Waals surface area contributed by atoms with Gasteiger partial charge >= 0.3 is 0 Å². The second-order valence-corrected chi connectivity index (χ2v) is 6.26. The number of rotatable bonds is 3. The lowest BCUT2D eigenvalue weighted by molar-refractivity contribution is 0.0939. The lowest BCUT2D eigenvalue weighted by atomic mass is 9.99. The van der Waals surface area contributed by atoms with Crippen molar-refractivity contribution in [1.82, 2.24) is 5.32 Å². The molecule has 1 aliphatic carbocycles. The number of nitrogens with one attached hydrogen (secondary N) is 1. The molecular formula is C22H19NO. The van der Waals surface area contributed by atoms with Gasteiger partial charge in [0.25, 0.3) is 5.91 Å². The third-order valence-electron chi connectivity index (χ3n) is 4.64. The first-order valence-corrected chi connectivity index (χ1v) is 8.33. The second kappa shape index (κ2) is 6.32. The van der Waals surface area contributed by atoms with Gasteiger partial charge in [0.2, 0.25) is 0 Å². The van der Waals surface area contributed by atoms with Gasteiger partial charge in [-0.2, -0.15) is 0 Å². The molecule has 3 aromatic carbocycles. The quantitative estimate of drug-likeness (QED) is 0.769. The number of hydrogen-bond acceptors (Lipinski definition) is 1. The van der Waals surface area contributed by atoms with Gasteiger partial charge in [-0.15, -0.1) is 0 Å². The summed E-state index contributed by atoms with van der Waals surface area (Å²) >= 11 is 0. The summed E-state index contributed by atoms with van der Waals surface area (Å²) in [5, 5.41) is 3.21. The van der Waals surface area contributed by atoms with Crippen molar-refractivity contribution in [2.45, 2.75) is 18.9 Å². The smallest absolute Gasteiger partial charge is 0.252 e. The van der Waals surface area contributed by atoms with E-state index < -0.39 is 0 Å². The van der Waals surface area contributed by atoms with E-state index in [1.54, 1.807) is 0 Å². The molecule has 0 spiro atoms. The molecule has 1 amide bonds. The van der Waals surface area contributed by atoms with Crippen molar-refractivity contribution in [3.63, 3.8) is 0 Å². The Morgan fingerprint density at radius 2 is 1.33 bits per heavy atom. The lowest BCUT2D eigenvalue weighted by Gasteiger charge is -2.14. The summed E-state index contributed by atoms with van der Waals surface area (Å²) in [7, 11) is 0. The SMILES string of the molecule is O=C(NC1Cc2ccccc2C1)c1ccccc1-c1ccccc1. The van der Waals surface area contributed by atoms with Crippen molar-refractivity contribution < 1.29 is 4.79 Å². The summed E-state index contributed by atoms with van der Waals surface area (Å²) in [6, 6.07) is 26.5. The molecule has 3 aromatic rings. The monoisotopic (exact) mass is 313 g/mol. The number of carbonyl (C=O) groups is 1. The molecule has 1 N–H and O–H groups in total. The van der Waals surface area contributed by atoms with E-state index in [2.05, 4.69) is 29.6 Å². The average molecular weight is 313 g/mol. The molecule has 1 aliphatic rings. The normalized spacial score (nSPS) is 13.5. The van der Waals surface area contributed by atoms with Crippen LogP contribution in [-0.4, -0.2) is 11.9 Å². The Morgan fingerprint density at radius 1 is 0.750 bits per heavy atom. The van der Waals surface area contributed by atoms with E-state index in [0.717, 1.165) is 29.5 Å². The Kier molecular flexibility index (Phi) is 3.87. The van der Waals surface area contributed by atoms with Crippen LogP contribution in [0.5, 0.6) is 0 Å². The largest absolute Gasteiger partial charge is 0.349 e. The number of amides is 1. The minimum absolute atomic E-state index is 0.00672. The number of carbonyl (C=O) groups excluding carboxylic acids is 1. The van der Waals surface area contributed by atoms with Gasteiger partial charge in [-0.25, -0.2) is 0 Å². The molecule has 0 radical (unpaired) electrons. The minimum Gasteiger partial charge on any atom is -0.349 e. The summed E-state index contributed by atoms with van der Waals surface area (Å²) in [6.45, 7) is 0. The van der Waals surface area contributed by atoms with Crippen LogP contribution in [0, 0.1) is 0 Å². The molecule has 0 saturated carbocycles. The molecule has 0 bridgehead atoms.